The number of nitrogens with zero attached hydrogens (tertiary/aromatic N) is 4. The predicted octanol–water partition coefficient (Wildman–Crippen LogP) is 4.63. The lowest BCUT2D eigenvalue weighted by atomic mass is 10.1. The van der Waals surface area contributed by atoms with E-state index >= 15 is 0 Å². The first kappa shape index (κ1) is 17.6. The molecule has 0 aliphatic rings. The van der Waals surface area contributed by atoms with Gasteiger partial charge in [0.25, 0.3) is 5.91 Å². The van der Waals surface area contributed by atoms with Gasteiger partial charge in [-0.1, -0.05) is 54.1 Å². The second kappa shape index (κ2) is 7.09. The van der Waals surface area contributed by atoms with Crippen molar-refractivity contribution in [1.29, 1.82) is 0 Å². The van der Waals surface area contributed by atoms with E-state index < -0.39 is 0 Å². The van der Waals surface area contributed by atoms with Gasteiger partial charge in [0.1, 0.15) is 5.01 Å². The molecular weight excluding hydrogens is 382 g/mol. The SMILES string of the molecule is CCc1nnc2sc(-c3ccc(C)c(NC(=O)c4ccccc4Cl)c3)nn12. The molecular formula is C19H16ClN5OS. The van der Waals surface area contributed by atoms with Crippen molar-refractivity contribution in [3.8, 4) is 10.6 Å². The third-order valence-corrected chi connectivity index (χ3v) is 5.50. The van der Waals surface area contributed by atoms with Gasteiger partial charge in [-0.15, -0.1) is 10.2 Å². The van der Waals surface area contributed by atoms with E-state index in [1.807, 2.05) is 32.0 Å². The maximum Gasteiger partial charge on any atom is 0.257 e. The second-order valence-electron chi connectivity index (χ2n) is 6.04. The van der Waals surface area contributed by atoms with Crippen molar-refractivity contribution in [3.63, 3.8) is 0 Å². The number of aromatic nitrogens is 4. The Morgan fingerprint density at radius 1 is 1.22 bits per heavy atom. The molecule has 0 unspecified atom stereocenters. The smallest absolute Gasteiger partial charge is 0.257 e. The molecule has 8 heteroatoms. The summed E-state index contributed by atoms with van der Waals surface area (Å²) in [5.74, 6) is 0.583. The quantitative estimate of drug-likeness (QED) is 0.545. The molecule has 6 nitrogen and oxygen atoms in total. The minimum absolute atomic E-state index is 0.243. The summed E-state index contributed by atoms with van der Waals surface area (Å²) in [6.07, 6.45) is 0.761. The van der Waals surface area contributed by atoms with Gasteiger partial charge in [-0.2, -0.15) is 9.61 Å². The Labute approximate surface area is 164 Å². The Morgan fingerprint density at radius 2 is 2.04 bits per heavy atom. The molecule has 2 aromatic carbocycles. The first-order valence-electron chi connectivity index (χ1n) is 8.45. The van der Waals surface area contributed by atoms with Crippen LogP contribution in [0.3, 0.4) is 0 Å². The van der Waals surface area contributed by atoms with Crippen LogP contribution in [0, 0.1) is 6.92 Å². The minimum atomic E-state index is -0.243. The molecule has 0 spiro atoms. The van der Waals surface area contributed by atoms with E-state index in [-0.39, 0.29) is 5.91 Å². The van der Waals surface area contributed by atoms with E-state index in [1.54, 1.807) is 28.8 Å². The van der Waals surface area contributed by atoms with Gasteiger partial charge in [0.05, 0.1) is 10.6 Å². The van der Waals surface area contributed by atoms with E-state index in [4.69, 9.17) is 11.6 Å². The molecule has 136 valence electrons. The van der Waals surface area contributed by atoms with E-state index in [2.05, 4.69) is 20.6 Å². The average Bonchev–Trinajstić information content (AvgIpc) is 3.24. The van der Waals surface area contributed by atoms with Crippen LogP contribution >= 0.6 is 22.9 Å². The van der Waals surface area contributed by atoms with Crippen LogP contribution in [0.1, 0.15) is 28.7 Å². The first-order valence-corrected chi connectivity index (χ1v) is 9.64. The Hall–Kier alpha value is -2.77. The minimum Gasteiger partial charge on any atom is -0.322 e. The van der Waals surface area contributed by atoms with Crippen LogP contribution in [-0.4, -0.2) is 25.7 Å². The molecule has 0 bridgehead atoms. The van der Waals surface area contributed by atoms with Gasteiger partial charge in [-0.25, -0.2) is 0 Å². The topological polar surface area (TPSA) is 72.2 Å². The number of hydrogen-bond donors (Lipinski definition) is 1. The van der Waals surface area contributed by atoms with E-state index in [9.17, 15) is 4.79 Å². The van der Waals surface area contributed by atoms with Crippen molar-refractivity contribution in [2.45, 2.75) is 20.3 Å². The fourth-order valence-electron chi connectivity index (χ4n) is 2.72. The standard InChI is InChI=1S/C19H16ClN5OS/c1-3-16-22-23-19-25(16)24-18(27-19)12-9-8-11(2)15(10-12)21-17(26)13-6-4-5-7-14(13)20/h4-10H,3H2,1-2H3,(H,21,26). The summed E-state index contributed by atoms with van der Waals surface area (Å²) in [6, 6.07) is 12.8. The molecule has 0 fully saturated rings. The third-order valence-electron chi connectivity index (χ3n) is 4.22. The number of benzene rings is 2. The lowest BCUT2D eigenvalue weighted by Gasteiger charge is -2.10. The van der Waals surface area contributed by atoms with Crippen molar-refractivity contribution >= 4 is 39.5 Å². The predicted molar refractivity (Wildman–Crippen MR) is 108 cm³/mol. The van der Waals surface area contributed by atoms with Gasteiger partial charge in [-0.3, -0.25) is 4.79 Å². The van der Waals surface area contributed by atoms with E-state index in [0.717, 1.165) is 39.0 Å². The maximum absolute atomic E-state index is 12.6. The summed E-state index contributed by atoms with van der Waals surface area (Å²) in [5, 5.41) is 17.1. The fraction of sp³-hybridized carbons (Fsp3) is 0.158. The number of anilines is 1. The summed E-state index contributed by atoms with van der Waals surface area (Å²) in [5.41, 5.74) is 3.03. The van der Waals surface area contributed by atoms with E-state index in [1.165, 1.54) is 11.3 Å². The number of amides is 1. The van der Waals surface area contributed by atoms with Crippen LogP contribution in [0.4, 0.5) is 5.69 Å². The third kappa shape index (κ3) is 3.31. The fourth-order valence-corrected chi connectivity index (χ4v) is 3.80. The number of fused-ring (bicyclic) bond motifs is 1. The van der Waals surface area contributed by atoms with Crippen molar-refractivity contribution in [3.05, 3.63) is 64.4 Å². The molecule has 0 atom stereocenters. The molecule has 0 aliphatic heterocycles. The summed E-state index contributed by atoms with van der Waals surface area (Å²) in [6.45, 7) is 3.96. The monoisotopic (exact) mass is 397 g/mol. The number of carbonyl (C=O) groups is 1. The highest BCUT2D eigenvalue weighted by atomic mass is 35.5. The van der Waals surface area contributed by atoms with Crippen LogP contribution in [0.15, 0.2) is 42.5 Å². The van der Waals surface area contributed by atoms with Gasteiger partial charge in [-0.05, 0) is 30.7 Å². The summed E-state index contributed by atoms with van der Waals surface area (Å²) < 4.78 is 1.77. The van der Waals surface area contributed by atoms with Crippen molar-refractivity contribution in [2.75, 3.05) is 5.32 Å². The van der Waals surface area contributed by atoms with Crippen LogP contribution < -0.4 is 5.32 Å². The Kier molecular flexibility index (Phi) is 4.63. The Bertz CT molecular complexity index is 1150. The molecule has 1 N–H and O–H groups in total. The largest absolute Gasteiger partial charge is 0.322 e. The molecule has 0 radical (unpaired) electrons. The summed E-state index contributed by atoms with van der Waals surface area (Å²) >= 11 is 7.59. The lowest BCUT2D eigenvalue weighted by molar-refractivity contribution is 0.102. The molecule has 2 aromatic heterocycles. The highest BCUT2D eigenvalue weighted by Gasteiger charge is 2.15. The van der Waals surface area contributed by atoms with Crippen molar-refractivity contribution in [1.82, 2.24) is 19.8 Å². The van der Waals surface area contributed by atoms with E-state index in [0.29, 0.717) is 10.6 Å². The van der Waals surface area contributed by atoms with Gasteiger partial charge in [0, 0.05) is 17.7 Å². The van der Waals surface area contributed by atoms with Crippen molar-refractivity contribution in [2.24, 2.45) is 0 Å². The molecule has 0 saturated carbocycles. The molecule has 27 heavy (non-hydrogen) atoms. The summed E-state index contributed by atoms with van der Waals surface area (Å²) in [4.78, 5) is 13.3. The van der Waals surface area contributed by atoms with Gasteiger partial charge >= 0.3 is 0 Å². The van der Waals surface area contributed by atoms with Gasteiger partial charge in [0.2, 0.25) is 4.96 Å². The zero-order valence-electron chi connectivity index (χ0n) is 14.7. The molecule has 2 heterocycles. The van der Waals surface area contributed by atoms with Crippen molar-refractivity contribution < 1.29 is 4.79 Å². The van der Waals surface area contributed by atoms with Crippen LogP contribution in [-0.2, 0) is 6.42 Å². The number of rotatable bonds is 4. The molecule has 0 aliphatic carbocycles. The highest BCUT2D eigenvalue weighted by Crippen LogP contribution is 2.29. The van der Waals surface area contributed by atoms with Crippen LogP contribution in [0.5, 0.6) is 0 Å². The van der Waals surface area contributed by atoms with Gasteiger partial charge in [0.15, 0.2) is 5.82 Å². The normalized spacial score (nSPS) is 11.1. The lowest BCUT2D eigenvalue weighted by Crippen LogP contribution is -2.13. The zero-order valence-corrected chi connectivity index (χ0v) is 16.3. The molecule has 4 aromatic rings. The maximum atomic E-state index is 12.6. The Balaban J connectivity index is 1.67. The number of nitrogens with one attached hydrogen (secondary N) is 1. The van der Waals surface area contributed by atoms with Gasteiger partial charge < -0.3 is 5.32 Å². The highest BCUT2D eigenvalue weighted by molar-refractivity contribution is 7.19. The molecule has 1 amide bonds. The van der Waals surface area contributed by atoms with Crippen LogP contribution in [0.25, 0.3) is 15.5 Å². The number of carbonyl (C=O) groups excluding carboxylic acids is 1. The number of halogens is 1. The van der Waals surface area contributed by atoms with Crippen LogP contribution in [0.2, 0.25) is 5.02 Å². The number of hydrogen-bond acceptors (Lipinski definition) is 5. The second-order valence-corrected chi connectivity index (χ2v) is 7.40. The average molecular weight is 398 g/mol. The Morgan fingerprint density at radius 3 is 2.81 bits per heavy atom. The summed E-state index contributed by atoms with van der Waals surface area (Å²) in [7, 11) is 0. The first-order chi connectivity index (χ1) is 13.1. The molecule has 4 rings (SSSR count). The number of aryl methyl sites for hydroxylation is 2. The molecule has 0 saturated heterocycles. The zero-order chi connectivity index (χ0) is 19.0.